The van der Waals surface area contributed by atoms with Crippen molar-refractivity contribution in [2.75, 3.05) is 13.1 Å². The van der Waals surface area contributed by atoms with Crippen molar-refractivity contribution in [3.8, 4) is 5.75 Å². The zero-order valence-corrected chi connectivity index (χ0v) is 10.8. The van der Waals surface area contributed by atoms with Gasteiger partial charge < -0.3 is 10.1 Å². The Bertz CT molecular complexity index is 375. The number of hydrogen-bond acceptors (Lipinski definition) is 3. The van der Waals surface area contributed by atoms with Crippen LogP contribution < -0.4 is 10.1 Å². The minimum Gasteiger partial charge on any atom is -0.490 e. The number of carbonyl (C=O) groups excluding carboxylic acids is 1. The quantitative estimate of drug-likeness (QED) is 0.844. The third-order valence-electron chi connectivity index (χ3n) is 2.83. The SMILES string of the molecule is CC(=O)c1cccc(OC2CCNCC2)c1.Cl. The molecule has 0 amide bonds. The van der Waals surface area contributed by atoms with Crippen molar-refractivity contribution in [2.45, 2.75) is 25.9 Å². The molecular weight excluding hydrogens is 238 g/mol. The average Bonchev–Trinajstić information content (AvgIpc) is 2.30. The Balaban J connectivity index is 0.00000144. The van der Waals surface area contributed by atoms with Gasteiger partial charge in [0.05, 0.1) is 0 Å². The predicted octanol–water partition coefficient (Wildman–Crippen LogP) is 2.44. The molecule has 1 saturated heterocycles. The first kappa shape index (κ1) is 14.0. The van der Waals surface area contributed by atoms with Crippen molar-refractivity contribution in [3.63, 3.8) is 0 Å². The topological polar surface area (TPSA) is 38.3 Å². The highest BCUT2D eigenvalue weighted by Crippen LogP contribution is 2.18. The Morgan fingerprint density at radius 1 is 1.35 bits per heavy atom. The van der Waals surface area contributed by atoms with Gasteiger partial charge in [0, 0.05) is 5.56 Å². The molecular formula is C13H18ClNO2. The molecule has 0 aromatic heterocycles. The molecule has 1 heterocycles. The van der Waals surface area contributed by atoms with E-state index in [-0.39, 0.29) is 24.3 Å². The van der Waals surface area contributed by atoms with Gasteiger partial charge in [-0.15, -0.1) is 12.4 Å². The number of carbonyl (C=O) groups is 1. The van der Waals surface area contributed by atoms with Crippen molar-refractivity contribution in [1.29, 1.82) is 0 Å². The Kier molecular flexibility index (Phi) is 5.45. The number of ether oxygens (including phenoxy) is 1. The molecule has 0 spiro atoms. The van der Waals surface area contributed by atoms with Crippen molar-refractivity contribution < 1.29 is 9.53 Å². The monoisotopic (exact) mass is 255 g/mol. The van der Waals surface area contributed by atoms with Crippen molar-refractivity contribution in [2.24, 2.45) is 0 Å². The van der Waals surface area contributed by atoms with Gasteiger partial charge in [-0.3, -0.25) is 4.79 Å². The molecule has 94 valence electrons. The maximum Gasteiger partial charge on any atom is 0.159 e. The van der Waals surface area contributed by atoms with Crippen molar-refractivity contribution >= 4 is 18.2 Å². The van der Waals surface area contributed by atoms with Crippen molar-refractivity contribution in [3.05, 3.63) is 29.8 Å². The first-order chi connectivity index (χ1) is 7.75. The molecule has 0 unspecified atom stereocenters. The third kappa shape index (κ3) is 4.02. The van der Waals surface area contributed by atoms with Crippen LogP contribution in [-0.2, 0) is 0 Å². The summed E-state index contributed by atoms with van der Waals surface area (Å²) in [6.45, 7) is 3.60. The van der Waals surface area contributed by atoms with E-state index in [1.54, 1.807) is 6.92 Å². The fourth-order valence-corrected chi connectivity index (χ4v) is 1.89. The number of hydrogen-bond donors (Lipinski definition) is 1. The van der Waals surface area contributed by atoms with Gasteiger partial charge in [-0.2, -0.15) is 0 Å². The second-order valence-electron chi connectivity index (χ2n) is 4.15. The van der Waals surface area contributed by atoms with Crippen molar-refractivity contribution in [1.82, 2.24) is 5.32 Å². The summed E-state index contributed by atoms with van der Waals surface area (Å²) in [4.78, 5) is 11.2. The number of nitrogens with one attached hydrogen (secondary N) is 1. The molecule has 0 aliphatic carbocycles. The molecule has 1 fully saturated rings. The van der Waals surface area contributed by atoms with Gasteiger partial charge >= 0.3 is 0 Å². The second-order valence-corrected chi connectivity index (χ2v) is 4.15. The van der Waals surface area contributed by atoms with E-state index in [0.29, 0.717) is 5.56 Å². The first-order valence-electron chi connectivity index (χ1n) is 5.74. The molecule has 0 saturated carbocycles. The third-order valence-corrected chi connectivity index (χ3v) is 2.83. The Labute approximate surface area is 108 Å². The molecule has 1 N–H and O–H groups in total. The maximum atomic E-state index is 11.2. The summed E-state index contributed by atoms with van der Waals surface area (Å²) in [6, 6.07) is 7.42. The highest BCUT2D eigenvalue weighted by molar-refractivity contribution is 5.94. The molecule has 3 nitrogen and oxygen atoms in total. The summed E-state index contributed by atoms with van der Waals surface area (Å²) in [7, 11) is 0. The van der Waals surface area contributed by atoms with Crippen LogP contribution in [-0.4, -0.2) is 25.0 Å². The summed E-state index contributed by atoms with van der Waals surface area (Å²) < 4.78 is 5.85. The lowest BCUT2D eigenvalue weighted by atomic mass is 10.1. The van der Waals surface area contributed by atoms with Crippen LogP contribution >= 0.6 is 12.4 Å². The molecule has 1 aromatic rings. The number of piperidine rings is 1. The summed E-state index contributed by atoms with van der Waals surface area (Å²) in [5, 5.41) is 3.30. The van der Waals surface area contributed by atoms with E-state index in [4.69, 9.17) is 4.74 Å². The van der Waals surface area contributed by atoms with Crippen LogP contribution in [0.25, 0.3) is 0 Å². The number of ketones is 1. The number of benzene rings is 1. The van der Waals surface area contributed by atoms with E-state index in [1.165, 1.54) is 0 Å². The van der Waals surface area contributed by atoms with E-state index >= 15 is 0 Å². The van der Waals surface area contributed by atoms with Gasteiger partial charge in [0.1, 0.15) is 11.9 Å². The van der Waals surface area contributed by atoms with Gasteiger partial charge in [0.25, 0.3) is 0 Å². The van der Waals surface area contributed by atoms with E-state index in [1.807, 2.05) is 24.3 Å². The Morgan fingerprint density at radius 2 is 2.06 bits per heavy atom. The van der Waals surface area contributed by atoms with E-state index < -0.39 is 0 Å². The fourth-order valence-electron chi connectivity index (χ4n) is 1.89. The number of rotatable bonds is 3. The zero-order valence-electron chi connectivity index (χ0n) is 9.94. The van der Waals surface area contributed by atoms with Gasteiger partial charge in [-0.05, 0) is 45.0 Å². The molecule has 0 atom stereocenters. The molecule has 2 rings (SSSR count). The number of Topliss-reactive ketones (excluding diaryl/α,β-unsaturated/α-hetero) is 1. The largest absolute Gasteiger partial charge is 0.490 e. The lowest BCUT2D eigenvalue weighted by Gasteiger charge is -2.23. The highest BCUT2D eigenvalue weighted by atomic mass is 35.5. The molecule has 0 bridgehead atoms. The minimum atomic E-state index is 0. The summed E-state index contributed by atoms with van der Waals surface area (Å²) in [5.41, 5.74) is 0.714. The van der Waals surface area contributed by atoms with Crippen LogP contribution in [0, 0.1) is 0 Å². The van der Waals surface area contributed by atoms with Gasteiger partial charge in [-0.25, -0.2) is 0 Å². The van der Waals surface area contributed by atoms with Gasteiger partial charge in [0.15, 0.2) is 5.78 Å². The minimum absolute atomic E-state index is 0. The smallest absolute Gasteiger partial charge is 0.159 e. The van der Waals surface area contributed by atoms with Crippen LogP contribution in [0.15, 0.2) is 24.3 Å². The summed E-state index contributed by atoms with van der Waals surface area (Å²) >= 11 is 0. The fraction of sp³-hybridized carbons (Fsp3) is 0.462. The van der Waals surface area contributed by atoms with Crippen LogP contribution in [0.3, 0.4) is 0 Å². The average molecular weight is 256 g/mol. The predicted molar refractivity (Wildman–Crippen MR) is 70.2 cm³/mol. The maximum absolute atomic E-state index is 11.2. The zero-order chi connectivity index (χ0) is 11.4. The normalized spacial score (nSPS) is 16.1. The number of halogens is 1. The highest BCUT2D eigenvalue weighted by Gasteiger charge is 2.14. The van der Waals surface area contributed by atoms with Crippen LogP contribution in [0.1, 0.15) is 30.1 Å². The van der Waals surface area contributed by atoms with E-state index in [0.717, 1.165) is 31.7 Å². The van der Waals surface area contributed by atoms with Crippen LogP contribution in [0.5, 0.6) is 5.75 Å². The summed E-state index contributed by atoms with van der Waals surface area (Å²) in [6.07, 6.45) is 2.35. The van der Waals surface area contributed by atoms with E-state index in [9.17, 15) is 4.79 Å². The lowest BCUT2D eigenvalue weighted by molar-refractivity contribution is 0.101. The molecule has 17 heavy (non-hydrogen) atoms. The Hall–Kier alpha value is -1.06. The van der Waals surface area contributed by atoms with Gasteiger partial charge in [0.2, 0.25) is 0 Å². The molecule has 1 aliphatic rings. The second kappa shape index (κ2) is 6.62. The lowest BCUT2D eigenvalue weighted by Crippen LogP contribution is -2.34. The molecule has 0 radical (unpaired) electrons. The van der Waals surface area contributed by atoms with E-state index in [2.05, 4.69) is 5.32 Å². The summed E-state index contributed by atoms with van der Waals surface area (Å²) in [5.74, 6) is 0.885. The molecule has 1 aliphatic heterocycles. The first-order valence-corrected chi connectivity index (χ1v) is 5.74. The molecule has 4 heteroatoms. The Morgan fingerprint density at radius 3 is 2.71 bits per heavy atom. The van der Waals surface area contributed by atoms with Crippen LogP contribution in [0.4, 0.5) is 0 Å². The van der Waals surface area contributed by atoms with Gasteiger partial charge in [-0.1, -0.05) is 12.1 Å². The van der Waals surface area contributed by atoms with Crippen LogP contribution in [0.2, 0.25) is 0 Å². The standard InChI is InChI=1S/C13H17NO2.ClH/c1-10(15)11-3-2-4-13(9-11)16-12-5-7-14-8-6-12;/h2-4,9,12,14H,5-8H2,1H3;1H. The molecule has 1 aromatic carbocycles.